The quantitative estimate of drug-likeness (QED) is 0.480. The van der Waals surface area contributed by atoms with Crippen LogP contribution in [0.15, 0.2) is 54.6 Å². The largest absolute Gasteiger partial charge is 0.385 e. The van der Waals surface area contributed by atoms with Crippen molar-refractivity contribution in [3.8, 4) is 0 Å². The summed E-state index contributed by atoms with van der Waals surface area (Å²) < 4.78 is 5.23. The first kappa shape index (κ1) is 27.9. The van der Waals surface area contributed by atoms with Crippen molar-refractivity contribution in [1.29, 1.82) is 0 Å². The summed E-state index contributed by atoms with van der Waals surface area (Å²) >= 11 is 0. The normalized spacial score (nSPS) is 14.5. The minimum atomic E-state index is -1.12. The SMILES string of the molecule is COCCCN(C(=O)c1ccc(NC(C)=O)cc1)C1(C(=O)NCc2ccccc2)CCN(C(C)=O)CC1. The first-order valence-electron chi connectivity index (χ1n) is 12.5. The topological polar surface area (TPSA) is 108 Å². The van der Waals surface area contributed by atoms with E-state index in [1.807, 2.05) is 30.3 Å². The summed E-state index contributed by atoms with van der Waals surface area (Å²) in [7, 11) is 1.60. The highest BCUT2D eigenvalue weighted by atomic mass is 16.5. The van der Waals surface area contributed by atoms with Crippen molar-refractivity contribution in [3.63, 3.8) is 0 Å². The fraction of sp³-hybridized carbons (Fsp3) is 0.429. The number of methoxy groups -OCH3 is 1. The van der Waals surface area contributed by atoms with Gasteiger partial charge in [0.15, 0.2) is 0 Å². The highest BCUT2D eigenvalue weighted by molar-refractivity contribution is 6.00. The molecule has 0 atom stereocenters. The molecule has 0 unspecified atom stereocenters. The van der Waals surface area contributed by atoms with Crippen molar-refractivity contribution in [2.45, 2.75) is 45.2 Å². The number of amides is 4. The lowest BCUT2D eigenvalue weighted by atomic mass is 9.83. The molecule has 4 amide bonds. The second-order valence-electron chi connectivity index (χ2n) is 9.27. The molecule has 9 heteroatoms. The lowest BCUT2D eigenvalue weighted by Gasteiger charge is -2.47. The predicted molar refractivity (Wildman–Crippen MR) is 141 cm³/mol. The van der Waals surface area contributed by atoms with Crippen molar-refractivity contribution in [3.05, 3.63) is 65.7 Å². The number of rotatable bonds is 10. The summed E-state index contributed by atoms with van der Waals surface area (Å²) in [6.45, 7) is 4.78. The number of hydrogen-bond acceptors (Lipinski definition) is 5. The van der Waals surface area contributed by atoms with Gasteiger partial charge in [0.1, 0.15) is 5.54 Å². The van der Waals surface area contributed by atoms with Crippen LogP contribution in [0.1, 0.15) is 49.0 Å². The number of benzene rings is 2. The van der Waals surface area contributed by atoms with E-state index in [4.69, 9.17) is 4.74 Å². The van der Waals surface area contributed by atoms with Gasteiger partial charge in [-0.05, 0) is 49.1 Å². The second kappa shape index (κ2) is 13.0. The van der Waals surface area contributed by atoms with Gasteiger partial charge in [0.2, 0.25) is 17.7 Å². The minimum Gasteiger partial charge on any atom is -0.385 e. The number of piperidine rings is 1. The Morgan fingerprint density at radius 2 is 1.62 bits per heavy atom. The van der Waals surface area contributed by atoms with E-state index in [0.29, 0.717) is 63.3 Å². The van der Waals surface area contributed by atoms with Crippen LogP contribution in [0, 0.1) is 0 Å². The second-order valence-corrected chi connectivity index (χ2v) is 9.27. The van der Waals surface area contributed by atoms with Gasteiger partial charge in [-0.1, -0.05) is 30.3 Å². The Labute approximate surface area is 218 Å². The number of nitrogens with one attached hydrogen (secondary N) is 2. The van der Waals surface area contributed by atoms with Gasteiger partial charge < -0.3 is 25.2 Å². The number of ether oxygens (including phenoxy) is 1. The summed E-state index contributed by atoms with van der Waals surface area (Å²) in [6, 6.07) is 16.2. The van der Waals surface area contributed by atoms with E-state index in [0.717, 1.165) is 5.56 Å². The van der Waals surface area contributed by atoms with Gasteiger partial charge in [-0.2, -0.15) is 0 Å². The van der Waals surface area contributed by atoms with Crippen molar-refractivity contribution < 1.29 is 23.9 Å². The van der Waals surface area contributed by atoms with E-state index in [2.05, 4.69) is 10.6 Å². The van der Waals surface area contributed by atoms with Crippen LogP contribution in [0.5, 0.6) is 0 Å². The summed E-state index contributed by atoms with van der Waals surface area (Å²) in [6.07, 6.45) is 1.21. The van der Waals surface area contributed by atoms with E-state index in [9.17, 15) is 19.2 Å². The summed E-state index contributed by atoms with van der Waals surface area (Å²) in [5.41, 5.74) is 0.829. The van der Waals surface area contributed by atoms with Gasteiger partial charge in [-0.15, -0.1) is 0 Å². The highest BCUT2D eigenvalue weighted by Crippen LogP contribution is 2.32. The Balaban J connectivity index is 1.93. The zero-order valence-electron chi connectivity index (χ0n) is 21.8. The third-order valence-corrected chi connectivity index (χ3v) is 6.70. The molecular weight excluding hydrogens is 472 g/mol. The molecule has 37 heavy (non-hydrogen) atoms. The molecule has 9 nitrogen and oxygen atoms in total. The first-order chi connectivity index (χ1) is 17.8. The Bertz CT molecular complexity index is 1080. The predicted octanol–water partition coefficient (Wildman–Crippen LogP) is 2.82. The summed E-state index contributed by atoms with van der Waals surface area (Å²) in [5.74, 6) is -0.771. The van der Waals surface area contributed by atoms with Crippen LogP contribution in [0.25, 0.3) is 0 Å². The fourth-order valence-electron chi connectivity index (χ4n) is 4.69. The van der Waals surface area contributed by atoms with E-state index < -0.39 is 5.54 Å². The monoisotopic (exact) mass is 508 g/mol. The third kappa shape index (κ3) is 7.16. The molecule has 3 rings (SSSR count). The Kier molecular flexibility index (Phi) is 9.79. The fourth-order valence-corrected chi connectivity index (χ4v) is 4.69. The molecule has 0 saturated carbocycles. The summed E-state index contributed by atoms with van der Waals surface area (Å²) in [4.78, 5) is 54.5. The standard InChI is InChI=1S/C28H36N4O5/c1-21(33)30-25-12-10-24(11-13-25)26(35)32(16-7-19-37-3)28(14-17-31(18-15-28)22(2)34)27(36)29-20-23-8-5-4-6-9-23/h4-6,8-13H,7,14-20H2,1-3H3,(H,29,36)(H,30,33). The van der Waals surface area contributed by atoms with E-state index in [1.165, 1.54) is 13.8 Å². The molecule has 0 bridgehead atoms. The molecule has 2 aromatic rings. The maximum atomic E-state index is 13.9. The van der Waals surface area contributed by atoms with Gasteiger partial charge in [-0.25, -0.2) is 0 Å². The van der Waals surface area contributed by atoms with Gasteiger partial charge in [0.05, 0.1) is 0 Å². The maximum Gasteiger partial charge on any atom is 0.254 e. The molecule has 2 N–H and O–H groups in total. The Hall–Kier alpha value is -3.72. The van der Waals surface area contributed by atoms with Crippen molar-refractivity contribution in [1.82, 2.24) is 15.1 Å². The molecule has 1 heterocycles. The molecule has 1 aliphatic heterocycles. The lowest BCUT2D eigenvalue weighted by Crippen LogP contribution is -2.65. The van der Waals surface area contributed by atoms with Gasteiger partial charge in [0, 0.05) is 65.0 Å². The molecule has 0 aromatic heterocycles. The van der Waals surface area contributed by atoms with Crippen molar-refractivity contribution >= 4 is 29.3 Å². The molecule has 0 radical (unpaired) electrons. The van der Waals surface area contributed by atoms with Crippen LogP contribution in [-0.2, 0) is 25.7 Å². The summed E-state index contributed by atoms with van der Waals surface area (Å²) in [5, 5.41) is 5.74. The van der Waals surface area contributed by atoms with Crippen LogP contribution in [0.3, 0.4) is 0 Å². The van der Waals surface area contributed by atoms with Gasteiger partial charge >= 0.3 is 0 Å². The maximum absolute atomic E-state index is 13.9. The molecule has 0 spiro atoms. The smallest absolute Gasteiger partial charge is 0.254 e. The van der Waals surface area contributed by atoms with E-state index in [1.54, 1.807) is 41.2 Å². The van der Waals surface area contributed by atoms with Crippen molar-refractivity contribution in [2.75, 3.05) is 38.7 Å². The van der Waals surface area contributed by atoms with Gasteiger partial charge in [0.25, 0.3) is 5.91 Å². The van der Waals surface area contributed by atoms with Crippen LogP contribution in [0.4, 0.5) is 5.69 Å². The van der Waals surface area contributed by atoms with E-state index >= 15 is 0 Å². The van der Waals surface area contributed by atoms with Crippen LogP contribution in [-0.4, -0.2) is 72.3 Å². The molecule has 1 aliphatic rings. The number of nitrogens with zero attached hydrogens (tertiary/aromatic N) is 2. The first-order valence-corrected chi connectivity index (χ1v) is 12.5. The lowest BCUT2D eigenvalue weighted by molar-refractivity contribution is -0.140. The average molecular weight is 509 g/mol. The number of carbonyl (C=O) groups is 4. The molecular formula is C28H36N4O5. The van der Waals surface area contributed by atoms with Crippen LogP contribution in [0.2, 0.25) is 0 Å². The minimum absolute atomic E-state index is 0.0517. The zero-order chi connectivity index (χ0) is 26.8. The van der Waals surface area contributed by atoms with E-state index in [-0.39, 0.29) is 23.6 Å². The molecule has 1 fully saturated rings. The molecule has 1 saturated heterocycles. The van der Waals surface area contributed by atoms with Crippen LogP contribution >= 0.6 is 0 Å². The zero-order valence-corrected chi connectivity index (χ0v) is 21.8. The third-order valence-electron chi connectivity index (χ3n) is 6.70. The molecule has 0 aliphatic carbocycles. The average Bonchev–Trinajstić information content (AvgIpc) is 2.90. The molecule has 198 valence electrons. The van der Waals surface area contributed by atoms with Crippen LogP contribution < -0.4 is 10.6 Å². The van der Waals surface area contributed by atoms with Gasteiger partial charge in [-0.3, -0.25) is 19.2 Å². The molecule has 2 aromatic carbocycles. The highest BCUT2D eigenvalue weighted by Gasteiger charge is 2.48. The van der Waals surface area contributed by atoms with Crippen molar-refractivity contribution in [2.24, 2.45) is 0 Å². The number of anilines is 1. The Morgan fingerprint density at radius 1 is 0.973 bits per heavy atom. The Morgan fingerprint density at radius 3 is 2.19 bits per heavy atom. The number of carbonyl (C=O) groups excluding carboxylic acids is 4. The number of hydrogen-bond donors (Lipinski definition) is 2. The number of likely N-dealkylation sites (tertiary alicyclic amines) is 1.